The van der Waals surface area contributed by atoms with Crippen LogP contribution in [0.15, 0.2) is 30.3 Å². The van der Waals surface area contributed by atoms with Crippen molar-refractivity contribution >= 4 is 16.6 Å². The van der Waals surface area contributed by atoms with E-state index in [9.17, 15) is 0 Å². The minimum atomic E-state index is 0.676. The fourth-order valence-corrected chi connectivity index (χ4v) is 2.42. The summed E-state index contributed by atoms with van der Waals surface area (Å²) >= 11 is 0. The van der Waals surface area contributed by atoms with Crippen LogP contribution in [-0.2, 0) is 6.54 Å². The van der Waals surface area contributed by atoms with Gasteiger partial charge in [-0.25, -0.2) is 0 Å². The summed E-state index contributed by atoms with van der Waals surface area (Å²) in [5.74, 6) is 0. The third kappa shape index (κ3) is 2.56. The number of hydrogen-bond acceptors (Lipinski definition) is 3. The lowest BCUT2D eigenvalue weighted by atomic mass is 10.1. The number of anilines is 1. The Hall–Kier alpha value is -1.61. The smallest absolute Gasteiger partial charge is 0.0726 e. The lowest BCUT2D eigenvalue weighted by molar-refractivity contribution is 0.676. The summed E-state index contributed by atoms with van der Waals surface area (Å²) in [6.45, 7) is 0.884. The van der Waals surface area contributed by atoms with Gasteiger partial charge < -0.3 is 10.6 Å². The summed E-state index contributed by atoms with van der Waals surface area (Å²) < 4.78 is 0. The van der Waals surface area contributed by atoms with Gasteiger partial charge in [0.2, 0.25) is 0 Å². The Morgan fingerprint density at radius 2 is 1.84 bits per heavy atom. The van der Waals surface area contributed by atoms with Crippen LogP contribution in [0.25, 0.3) is 10.9 Å². The SMILES string of the molecule is c1ccc2c(NC3CC3)cc(CNC3CC3)nc2c1. The summed E-state index contributed by atoms with van der Waals surface area (Å²) in [6, 6.07) is 12.0. The second-order valence-electron chi connectivity index (χ2n) is 5.75. The second-order valence-corrected chi connectivity index (χ2v) is 5.75. The maximum Gasteiger partial charge on any atom is 0.0726 e. The van der Waals surface area contributed by atoms with Crippen molar-refractivity contribution in [1.82, 2.24) is 10.3 Å². The fourth-order valence-electron chi connectivity index (χ4n) is 2.42. The highest BCUT2D eigenvalue weighted by atomic mass is 15.0. The molecular weight excluding hydrogens is 234 g/mol. The molecule has 0 radical (unpaired) electrons. The van der Waals surface area contributed by atoms with Crippen molar-refractivity contribution in [1.29, 1.82) is 0 Å². The lowest BCUT2D eigenvalue weighted by Gasteiger charge is -2.11. The van der Waals surface area contributed by atoms with Crippen LogP contribution in [0.4, 0.5) is 5.69 Å². The Bertz CT molecular complexity index is 600. The van der Waals surface area contributed by atoms with Gasteiger partial charge in [-0.3, -0.25) is 4.98 Å². The molecule has 0 amide bonds. The Balaban J connectivity index is 1.67. The van der Waals surface area contributed by atoms with Gasteiger partial charge in [-0.15, -0.1) is 0 Å². The number of benzene rings is 1. The summed E-state index contributed by atoms with van der Waals surface area (Å²) in [4.78, 5) is 4.76. The zero-order chi connectivity index (χ0) is 12.7. The molecule has 0 atom stereocenters. The molecule has 0 aliphatic heterocycles. The number of fused-ring (bicyclic) bond motifs is 1. The third-order valence-corrected chi connectivity index (χ3v) is 3.86. The van der Waals surface area contributed by atoms with E-state index in [-0.39, 0.29) is 0 Å². The molecule has 2 N–H and O–H groups in total. The zero-order valence-electron chi connectivity index (χ0n) is 11.0. The molecule has 2 fully saturated rings. The quantitative estimate of drug-likeness (QED) is 0.860. The molecule has 2 aliphatic carbocycles. The normalized spacial score (nSPS) is 18.7. The third-order valence-electron chi connectivity index (χ3n) is 3.86. The highest BCUT2D eigenvalue weighted by molar-refractivity contribution is 5.91. The molecule has 0 saturated heterocycles. The Kier molecular flexibility index (Phi) is 2.66. The topological polar surface area (TPSA) is 37.0 Å². The van der Waals surface area contributed by atoms with Crippen LogP contribution in [-0.4, -0.2) is 17.1 Å². The molecule has 1 aromatic heterocycles. The van der Waals surface area contributed by atoms with Gasteiger partial charge in [-0.1, -0.05) is 18.2 Å². The van der Waals surface area contributed by atoms with Crippen LogP contribution < -0.4 is 10.6 Å². The maximum atomic E-state index is 4.76. The van der Waals surface area contributed by atoms with E-state index in [4.69, 9.17) is 4.98 Å². The van der Waals surface area contributed by atoms with Crippen LogP contribution >= 0.6 is 0 Å². The number of pyridine rings is 1. The number of nitrogens with zero attached hydrogens (tertiary/aromatic N) is 1. The average molecular weight is 253 g/mol. The van der Waals surface area contributed by atoms with Crippen LogP contribution in [0.2, 0.25) is 0 Å². The van der Waals surface area contributed by atoms with E-state index in [1.54, 1.807) is 0 Å². The summed E-state index contributed by atoms with van der Waals surface area (Å²) in [5.41, 5.74) is 3.50. The van der Waals surface area contributed by atoms with Crippen molar-refractivity contribution in [2.75, 3.05) is 5.32 Å². The minimum absolute atomic E-state index is 0.676. The standard InChI is InChI=1S/C16H19N3/c1-2-4-15-14(3-1)16(18-12-7-8-12)9-13(19-15)10-17-11-5-6-11/h1-4,9,11-12,17H,5-8,10H2,(H,18,19). The molecule has 2 saturated carbocycles. The van der Waals surface area contributed by atoms with Crippen molar-refractivity contribution < 1.29 is 0 Å². The van der Waals surface area contributed by atoms with E-state index < -0.39 is 0 Å². The summed E-state index contributed by atoms with van der Waals surface area (Å²) in [5, 5.41) is 8.42. The van der Waals surface area contributed by atoms with E-state index in [2.05, 4.69) is 41.0 Å². The monoisotopic (exact) mass is 253 g/mol. The molecular formula is C16H19N3. The first-order valence-corrected chi connectivity index (χ1v) is 7.27. The first kappa shape index (κ1) is 11.2. The van der Waals surface area contributed by atoms with Crippen LogP contribution in [0.3, 0.4) is 0 Å². The van der Waals surface area contributed by atoms with E-state index >= 15 is 0 Å². The molecule has 0 spiro atoms. The molecule has 0 unspecified atom stereocenters. The lowest BCUT2D eigenvalue weighted by Crippen LogP contribution is -2.16. The van der Waals surface area contributed by atoms with E-state index in [1.807, 2.05) is 0 Å². The van der Waals surface area contributed by atoms with Gasteiger partial charge in [-0.2, -0.15) is 0 Å². The Morgan fingerprint density at radius 1 is 1.05 bits per heavy atom. The number of aromatic nitrogens is 1. The van der Waals surface area contributed by atoms with Crippen molar-refractivity contribution in [3.05, 3.63) is 36.0 Å². The zero-order valence-corrected chi connectivity index (χ0v) is 11.0. The highest BCUT2D eigenvalue weighted by Crippen LogP contribution is 2.30. The van der Waals surface area contributed by atoms with Crippen LogP contribution in [0.1, 0.15) is 31.4 Å². The van der Waals surface area contributed by atoms with Crippen molar-refractivity contribution in [3.63, 3.8) is 0 Å². The van der Waals surface area contributed by atoms with Crippen molar-refractivity contribution in [3.8, 4) is 0 Å². The van der Waals surface area contributed by atoms with Crippen molar-refractivity contribution in [2.45, 2.75) is 44.3 Å². The number of hydrogen-bond donors (Lipinski definition) is 2. The molecule has 1 heterocycles. The van der Waals surface area contributed by atoms with Gasteiger partial charge in [0.1, 0.15) is 0 Å². The first-order chi connectivity index (χ1) is 9.38. The molecule has 98 valence electrons. The molecule has 3 nitrogen and oxygen atoms in total. The number of para-hydroxylation sites is 1. The van der Waals surface area contributed by atoms with Gasteiger partial charge in [0.15, 0.2) is 0 Å². The van der Waals surface area contributed by atoms with Gasteiger partial charge in [0, 0.05) is 29.7 Å². The Morgan fingerprint density at radius 3 is 2.63 bits per heavy atom. The summed E-state index contributed by atoms with van der Waals surface area (Å²) in [7, 11) is 0. The van der Waals surface area contributed by atoms with Gasteiger partial charge in [0.25, 0.3) is 0 Å². The fraction of sp³-hybridized carbons (Fsp3) is 0.438. The molecule has 3 heteroatoms. The molecule has 19 heavy (non-hydrogen) atoms. The molecule has 2 aromatic rings. The van der Waals surface area contributed by atoms with Crippen LogP contribution in [0, 0.1) is 0 Å². The predicted molar refractivity (Wildman–Crippen MR) is 78.2 cm³/mol. The van der Waals surface area contributed by atoms with Crippen molar-refractivity contribution in [2.24, 2.45) is 0 Å². The highest BCUT2D eigenvalue weighted by Gasteiger charge is 2.23. The van der Waals surface area contributed by atoms with Gasteiger partial charge in [0.05, 0.1) is 11.2 Å². The van der Waals surface area contributed by atoms with E-state index in [1.165, 1.54) is 36.8 Å². The molecule has 4 rings (SSSR count). The van der Waals surface area contributed by atoms with E-state index in [0.29, 0.717) is 6.04 Å². The number of rotatable bonds is 5. The number of nitrogens with one attached hydrogen (secondary N) is 2. The largest absolute Gasteiger partial charge is 0.382 e. The Labute approximate surface area is 113 Å². The first-order valence-electron chi connectivity index (χ1n) is 7.27. The van der Waals surface area contributed by atoms with E-state index in [0.717, 1.165) is 23.8 Å². The van der Waals surface area contributed by atoms with Gasteiger partial charge in [-0.05, 0) is 37.8 Å². The van der Waals surface area contributed by atoms with Crippen LogP contribution in [0.5, 0.6) is 0 Å². The second kappa shape index (κ2) is 4.49. The minimum Gasteiger partial charge on any atom is -0.382 e. The average Bonchev–Trinajstić information content (AvgIpc) is 3.31. The maximum absolute atomic E-state index is 4.76. The predicted octanol–water partition coefficient (Wildman–Crippen LogP) is 3.06. The molecule has 1 aromatic carbocycles. The van der Waals surface area contributed by atoms with Gasteiger partial charge >= 0.3 is 0 Å². The summed E-state index contributed by atoms with van der Waals surface area (Å²) in [6.07, 6.45) is 5.24. The molecule has 2 aliphatic rings. The molecule has 0 bridgehead atoms.